The smallest absolute Gasteiger partial charge is 0.254 e. The highest BCUT2D eigenvalue weighted by Crippen LogP contribution is 2.28. The minimum atomic E-state index is -0.565. The predicted octanol–water partition coefficient (Wildman–Crippen LogP) is 1.76. The van der Waals surface area contributed by atoms with Crippen LogP contribution in [0.2, 0.25) is 0 Å². The van der Waals surface area contributed by atoms with E-state index >= 15 is 0 Å². The number of amides is 2. The zero-order valence-electron chi connectivity index (χ0n) is 13.5. The van der Waals surface area contributed by atoms with E-state index in [-0.39, 0.29) is 18.2 Å². The molecule has 1 fully saturated rings. The van der Waals surface area contributed by atoms with Gasteiger partial charge in [-0.05, 0) is 32.3 Å². The van der Waals surface area contributed by atoms with Crippen LogP contribution in [0.15, 0.2) is 35.5 Å². The average Bonchev–Trinajstić information content (AvgIpc) is 2.49. The van der Waals surface area contributed by atoms with Crippen molar-refractivity contribution < 1.29 is 14.4 Å². The number of likely N-dealkylation sites (tertiary alicyclic amines) is 1. The van der Waals surface area contributed by atoms with Crippen molar-refractivity contribution in [1.29, 1.82) is 0 Å². The molecule has 1 heterocycles. The molecule has 0 spiro atoms. The van der Waals surface area contributed by atoms with Crippen molar-refractivity contribution in [1.82, 2.24) is 10.2 Å². The Bertz CT molecular complexity index is 528. The lowest BCUT2D eigenvalue weighted by Crippen LogP contribution is -2.46. The fraction of sp³-hybridized carbons (Fsp3) is 0.471. The maximum atomic E-state index is 12.7. The largest absolute Gasteiger partial charge is 0.359 e. The lowest BCUT2D eigenvalue weighted by molar-refractivity contribution is -0.134. The number of aldehydes is 1. The highest BCUT2D eigenvalue weighted by Gasteiger charge is 2.32. The molecule has 1 rings (SSSR count). The van der Waals surface area contributed by atoms with Gasteiger partial charge in [-0.3, -0.25) is 9.59 Å². The Morgan fingerprint density at radius 2 is 2.14 bits per heavy atom. The standard InChI is InChI=1S/C17H24N2O3/c1-5-6-13-9-10-19(17(22)16(13)12(2)3)14(11-20)7-8-15(21)18-4/h5-6,11,14H,1,7-10H2,2-4H3,(H,18,21)/b13-6-. The van der Waals surface area contributed by atoms with E-state index in [1.54, 1.807) is 18.0 Å². The maximum Gasteiger partial charge on any atom is 0.254 e. The third kappa shape index (κ3) is 4.16. The van der Waals surface area contributed by atoms with E-state index in [2.05, 4.69) is 11.9 Å². The first-order valence-electron chi connectivity index (χ1n) is 7.42. The number of rotatable bonds is 6. The highest BCUT2D eigenvalue weighted by molar-refractivity contribution is 6.00. The molecule has 0 radical (unpaired) electrons. The Morgan fingerprint density at radius 1 is 1.45 bits per heavy atom. The molecule has 0 aliphatic carbocycles. The number of allylic oxidation sites excluding steroid dienone is 3. The molecule has 1 aliphatic rings. The number of hydrogen-bond donors (Lipinski definition) is 1. The van der Waals surface area contributed by atoms with Crippen LogP contribution in [0.3, 0.4) is 0 Å². The molecular weight excluding hydrogens is 280 g/mol. The SMILES string of the molecule is C=C/C=C1/CCN(C(C=O)CCC(=O)NC)C(=O)C1=C(C)C. The van der Waals surface area contributed by atoms with Crippen molar-refractivity contribution in [2.24, 2.45) is 0 Å². The van der Waals surface area contributed by atoms with Gasteiger partial charge in [0.2, 0.25) is 5.91 Å². The molecule has 1 saturated heterocycles. The zero-order chi connectivity index (χ0) is 16.7. The fourth-order valence-corrected chi connectivity index (χ4v) is 2.61. The Labute approximate surface area is 131 Å². The summed E-state index contributed by atoms with van der Waals surface area (Å²) in [6.45, 7) is 7.92. The van der Waals surface area contributed by atoms with Crippen LogP contribution in [0.4, 0.5) is 0 Å². The van der Waals surface area contributed by atoms with Crippen molar-refractivity contribution in [2.75, 3.05) is 13.6 Å². The Morgan fingerprint density at radius 3 is 2.64 bits per heavy atom. The van der Waals surface area contributed by atoms with E-state index in [1.165, 1.54) is 0 Å². The molecule has 1 unspecified atom stereocenters. The molecule has 0 aromatic heterocycles. The minimum Gasteiger partial charge on any atom is -0.359 e. The molecule has 0 aromatic rings. The van der Waals surface area contributed by atoms with Gasteiger partial charge in [0, 0.05) is 25.6 Å². The lowest BCUT2D eigenvalue weighted by Gasteiger charge is -2.34. The second-order valence-corrected chi connectivity index (χ2v) is 5.47. The summed E-state index contributed by atoms with van der Waals surface area (Å²) < 4.78 is 0. The summed E-state index contributed by atoms with van der Waals surface area (Å²) in [5.41, 5.74) is 2.52. The topological polar surface area (TPSA) is 66.5 Å². The zero-order valence-corrected chi connectivity index (χ0v) is 13.5. The monoisotopic (exact) mass is 304 g/mol. The second kappa shape index (κ2) is 8.32. The molecule has 1 N–H and O–H groups in total. The van der Waals surface area contributed by atoms with Crippen LogP contribution in [-0.4, -0.2) is 42.6 Å². The van der Waals surface area contributed by atoms with Crippen molar-refractivity contribution in [2.45, 2.75) is 39.2 Å². The van der Waals surface area contributed by atoms with Crippen LogP contribution < -0.4 is 5.32 Å². The molecule has 1 atom stereocenters. The van der Waals surface area contributed by atoms with Crippen LogP contribution in [0, 0.1) is 0 Å². The molecule has 0 saturated carbocycles. The van der Waals surface area contributed by atoms with Crippen molar-refractivity contribution in [3.63, 3.8) is 0 Å². The molecule has 0 aromatic carbocycles. The third-order valence-corrected chi connectivity index (χ3v) is 3.74. The number of nitrogens with zero attached hydrogens (tertiary/aromatic N) is 1. The number of nitrogens with one attached hydrogen (secondary N) is 1. The van der Waals surface area contributed by atoms with Gasteiger partial charge in [0.15, 0.2) is 0 Å². The lowest BCUT2D eigenvalue weighted by atomic mass is 9.91. The first-order valence-corrected chi connectivity index (χ1v) is 7.42. The van der Waals surface area contributed by atoms with Crippen LogP contribution >= 0.6 is 0 Å². The fourth-order valence-electron chi connectivity index (χ4n) is 2.61. The van der Waals surface area contributed by atoms with Crippen molar-refractivity contribution in [3.05, 3.63) is 35.5 Å². The predicted molar refractivity (Wildman–Crippen MR) is 86.1 cm³/mol. The first kappa shape index (κ1) is 17.9. The van der Waals surface area contributed by atoms with E-state index in [0.29, 0.717) is 25.0 Å². The summed E-state index contributed by atoms with van der Waals surface area (Å²) in [5.74, 6) is -0.278. The number of carbonyl (C=O) groups excluding carboxylic acids is 3. The van der Waals surface area contributed by atoms with Crippen LogP contribution in [0.1, 0.15) is 33.1 Å². The summed E-state index contributed by atoms with van der Waals surface area (Å²) in [6.07, 6.45) is 5.52. The van der Waals surface area contributed by atoms with Crippen LogP contribution in [0.5, 0.6) is 0 Å². The number of hydrogen-bond acceptors (Lipinski definition) is 3. The molecular formula is C17H24N2O3. The van der Waals surface area contributed by atoms with Gasteiger partial charge in [0.05, 0.1) is 6.04 Å². The second-order valence-electron chi connectivity index (χ2n) is 5.47. The van der Waals surface area contributed by atoms with E-state index in [4.69, 9.17) is 0 Å². The third-order valence-electron chi connectivity index (χ3n) is 3.74. The van der Waals surface area contributed by atoms with Gasteiger partial charge < -0.3 is 15.0 Å². The summed E-state index contributed by atoms with van der Waals surface area (Å²) in [4.78, 5) is 37.0. The van der Waals surface area contributed by atoms with E-state index < -0.39 is 6.04 Å². The van der Waals surface area contributed by atoms with Gasteiger partial charge in [-0.15, -0.1) is 0 Å². The molecule has 2 amide bonds. The molecule has 5 heteroatoms. The minimum absolute atomic E-state index is 0.133. The molecule has 22 heavy (non-hydrogen) atoms. The summed E-state index contributed by atoms with van der Waals surface area (Å²) in [7, 11) is 1.55. The Hall–Kier alpha value is -2.17. The molecule has 120 valence electrons. The van der Waals surface area contributed by atoms with E-state index in [1.807, 2.05) is 19.9 Å². The summed E-state index contributed by atoms with van der Waals surface area (Å²) >= 11 is 0. The number of piperidine rings is 1. The van der Waals surface area contributed by atoms with Crippen LogP contribution in [0.25, 0.3) is 0 Å². The molecule has 1 aliphatic heterocycles. The average molecular weight is 304 g/mol. The summed E-state index contributed by atoms with van der Waals surface area (Å²) in [5, 5.41) is 2.52. The van der Waals surface area contributed by atoms with Gasteiger partial charge in [-0.2, -0.15) is 0 Å². The van der Waals surface area contributed by atoms with E-state index in [0.717, 1.165) is 17.4 Å². The van der Waals surface area contributed by atoms with Crippen molar-refractivity contribution in [3.8, 4) is 0 Å². The summed E-state index contributed by atoms with van der Waals surface area (Å²) in [6, 6.07) is -0.565. The Balaban J connectivity index is 2.97. The molecule has 5 nitrogen and oxygen atoms in total. The van der Waals surface area contributed by atoms with Gasteiger partial charge >= 0.3 is 0 Å². The van der Waals surface area contributed by atoms with E-state index in [9.17, 15) is 14.4 Å². The Kier molecular flexibility index (Phi) is 6.76. The van der Waals surface area contributed by atoms with Gasteiger partial charge in [0.25, 0.3) is 5.91 Å². The highest BCUT2D eigenvalue weighted by atomic mass is 16.2. The van der Waals surface area contributed by atoms with Crippen LogP contribution in [-0.2, 0) is 14.4 Å². The molecule has 0 bridgehead atoms. The van der Waals surface area contributed by atoms with Gasteiger partial charge in [0.1, 0.15) is 6.29 Å². The maximum absolute atomic E-state index is 12.7. The van der Waals surface area contributed by atoms with Crippen molar-refractivity contribution >= 4 is 18.1 Å². The van der Waals surface area contributed by atoms with Gasteiger partial charge in [-0.25, -0.2) is 0 Å². The first-order chi connectivity index (χ1) is 10.5. The number of carbonyl (C=O) groups is 3. The quantitative estimate of drug-likeness (QED) is 0.600. The van der Waals surface area contributed by atoms with Gasteiger partial charge in [-0.1, -0.05) is 24.3 Å². The normalized spacial score (nSPS) is 18.1.